The summed E-state index contributed by atoms with van der Waals surface area (Å²) < 4.78 is 0.132. The minimum atomic E-state index is -1.07. The molecule has 26 heavy (non-hydrogen) atoms. The molecule has 0 saturated carbocycles. The molecule has 2 N–H and O–H groups in total. The van der Waals surface area contributed by atoms with Gasteiger partial charge in [-0.1, -0.05) is 33.8 Å². The molecule has 0 aliphatic carbocycles. The molecular formula is C21H22O4S. The summed E-state index contributed by atoms with van der Waals surface area (Å²) in [4.78, 5) is 24.1. The Morgan fingerprint density at radius 1 is 0.962 bits per heavy atom. The highest BCUT2D eigenvalue weighted by atomic mass is 32.2. The van der Waals surface area contributed by atoms with Gasteiger partial charge in [0, 0.05) is 9.64 Å². The zero-order valence-electron chi connectivity index (χ0n) is 15.3. The van der Waals surface area contributed by atoms with E-state index in [4.69, 9.17) is 0 Å². The van der Waals surface area contributed by atoms with Gasteiger partial charge in [-0.05, 0) is 58.9 Å². The molecule has 0 bridgehead atoms. The summed E-state index contributed by atoms with van der Waals surface area (Å²) in [6.45, 7) is 8.86. The van der Waals surface area contributed by atoms with E-state index < -0.39 is 11.9 Å². The van der Waals surface area contributed by atoms with Crippen LogP contribution in [0.25, 0.3) is 11.1 Å². The predicted octanol–water partition coefficient (Wildman–Crippen LogP) is 5.30. The molecule has 0 atom stereocenters. The summed E-state index contributed by atoms with van der Waals surface area (Å²) >= 11 is 1.83. The quantitative estimate of drug-likeness (QED) is 0.766. The number of rotatable bonds is 3. The zero-order chi connectivity index (χ0) is 19.3. The Morgan fingerprint density at radius 2 is 1.65 bits per heavy atom. The lowest BCUT2D eigenvalue weighted by molar-refractivity contribution is 0.0682. The lowest BCUT2D eigenvalue weighted by Crippen LogP contribution is -2.33. The lowest BCUT2D eigenvalue weighted by atomic mass is 9.76. The monoisotopic (exact) mass is 370 g/mol. The molecule has 3 rings (SSSR count). The molecule has 1 aliphatic rings. The van der Waals surface area contributed by atoms with E-state index in [1.807, 2.05) is 30.0 Å². The first kappa shape index (κ1) is 18.5. The fourth-order valence-electron chi connectivity index (χ4n) is 3.91. The van der Waals surface area contributed by atoms with E-state index in [0.717, 1.165) is 12.0 Å². The van der Waals surface area contributed by atoms with Gasteiger partial charge in [0.25, 0.3) is 0 Å². The van der Waals surface area contributed by atoms with Crippen LogP contribution in [0.2, 0.25) is 0 Å². The molecule has 0 saturated heterocycles. The standard InChI is InChI=1S/C21H22O4S/c1-20(2)11-21(3,4)26-17-8-6-12(10-16(17)20)15-9-13(18(22)23)5-7-14(15)19(24)25/h5-10H,11H2,1-4H3,(H,22,23)(H,24,25). The van der Waals surface area contributed by atoms with Crippen LogP contribution in [-0.2, 0) is 5.41 Å². The molecule has 0 spiro atoms. The molecular weight excluding hydrogens is 348 g/mol. The minimum absolute atomic E-state index is 0.0477. The van der Waals surface area contributed by atoms with Gasteiger partial charge in [0.15, 0.2) is 0 Å². The highest BCUT2D eigenvalue weighted by Gasteiger charge is 2.38. The Hall–Kier alpha value is -2.27. The summed E-state index contributed by atoms with van der Waals surface area (Å²) in [6.07, 6.45) is 1.00. The maximum absolute atomic E-state index is 11.6. The molecule has 2 aromatic carbocycles. The molecule has 0 amide bonds. The van der Waals surface area contributed by atoms with Crippen molar-refractivity contribution in [2.45, 2.75) is 49.2 Å². The third-order valence-electron chi connectivity index (χ3n) is 4.77. The van der Waals surface area contributed by atoms with Crippen molar-refractivity contribution in [3.8, 4) is 11.1 Å². The van der Waals surface area contributed by atoms with E-state index >= 15 is 0 Å². The molecule has 0 unspecified atom stereocenters. The van der Waals surface area contributed by atoms with Crippen molar-refractivity contribution < 1.29 is 19.8 Å². The molecule has 4 nitrogen and oxygen atoms in total. The maximum atomic E-state index is 11.6. The average molecular weight is 370 g/mol. The third kappa shape index (κ3) is 3.36. The van der Waals surface area contributed by atoms with Crippen LogP contribution in [0.15, 0.2) is 41.3 Å². The number of hydrogen-bond acceptors (Lipinski definition) is 3. The van der Waals surface area contributed by atoms with E-state index in [0.29, 0.717) is 5.56 Å². The van der Waals surface area contributed by atoms with Gasteiger partial charge in [-0.25, -0.2) is 9.59 Å². The molecule has 0 radical (unpaired) electrons. The number of fused-ring (bicyclic) bond motifs is 1. The first-order valence-corrected chi connectivity index (χ1v) is 9.26. The van der Waals surface area contributed by atoms with Gasteiger partial charge in [0.1, 0.15) is 0 Å². The van der Waals surface area contributed by atoms with Gasteiger partial charge < -0.3 is 10.2 Å². The minimum Gasteiger partial charge on any atom is -0.478 e. The molecule has 136 valence electrons. The first-order chi connectivity index (χ1) is 12.0. The fourth-order valence-corrected chi connectivity index (χ4v) is 5.52. The summed E-state index contributed by atoms with van der Waals surface area (Å²) in [6, 6.07) is 10.1. The van der Waals surface area contributed by atoms with Crippen LogP contribution in [0, 0.1) is 0 Å². The van der Waals surface area contributed by atoms with Crippen molar-refractivity contribution in [3.05, 3.63) is 53.1 Å². The van der Waals surface area contributed by atoms with E-state index in [-0.39, 0.29) is 21.3 Å². The number of thioether (sulfide) groups is 1. The number of carboxylic acids is 2. The Balaban J connectivity index is 2.19. The van der Waals surface area contributed by atoms with E-state index in [1.54, 1.807) is 0 Å². The molecule has 1 heterocycles. The highest BCUT2D eigenvalue weighted by molar-refractivity contribution is 8.00. The van der Waals surface area contributed by atoms with Gasteiger partial charge in [-0.2, -0.15) is 0 Å². The van der Waals surface area contributed by atoms with Crippen LogP contribution in [0.4, 0.5) is 0 Å². The number of benzene rings is 2. The average Bonchev–Trinajstić information content (AvgIpc) is 2.52. The molecule has 2 aromatic rings. The molecule has 0 aromatic heterocycles. The van der Waals surface area contributed by atoms with Gasteiger partial charge in [-0.15, -0.1) is 11.8 Å². The van der Waals surface area contributed by atoms with Crippen LogP contribution in [-0.4, -0.2) is 26.9 Å². The summed E-state index contributed by atoms with van der Waals surface area (Å²) in [7, 11) is 0. The van der Waals surface area contributed by atoms with Crippen molar-refractivity contribution in [1.29, 1.82) is 0 Å². The van der Waals surface area contributed by atoms with Gasteiger partial charge in [0.05, 0.1) is 11.1 Å². The fraction of sp³-hybridized carbons (Fsp3) is 0.333. The highest BCUT2D eigenvalue weighted by Crippen LogP contribution is 2.51. The molecule has 0 fully saturated rings. The molecule has 1 aliphatic heterocycles. The predicted molar refractivity (Wildman–Crippen MR) is 103 cm³/mol. The topological polar surface area (TPSA) is 74.6 Å². The summed E-state index contributed by atoms with van der Waals surface area (Å²) in [5.41, 5.74) is 2.49. The summed E-state index contributed by atoms with van der Waals surface area (Å²) in [5.74, 6) is -2.14. The second kappa shape index (κ2) is 6.16. The lowest BCUT2D eigenvalue weighted by Gasteiger charge is -2.42. The number of aromatic carboxylic acids is 2. The Bertz CT molecular complexity index is 912. The van der Waals surface area contributed by atoms with Crippen LogP contribution in [0.1, 0.15) is 60.4 Å². The number of carboxylic acid groups (broad SMARTS) is 2. The number of hydrogen-bond donors (Lipinski definition) is 2. The van der Waals surface area contributed by atoms with Crippen molar-refractivity contribution >= 4 is 23.7 Å². The van der Waals surface area contributed by atoms with Crippen LogP contribution in [0.5, 0.6) is 0 Å². The van der Waals surface area contributed by atoms with Crippen molar-refractivity contribution in [2.75, 3.05) is 0 Å². The second-order valence-electron chi connectivity index (χ2n) is 8.00. The van der Waals surface area contributed by atoms with Crippen molar-refractivity contribution in [3.63, 3.8) is 0 Å². The largest absolute Gasteiger partial charge is 0.478 e. The Morgan fingerprint density at radius 3 is 2.27 bits per heavy atom. The normalized spacial score (nSPS) is 17.4. The Kier molecular flexibility index (Phi) is 4.39. The SMILES string of the molecule is CC1(C)CC(C)(C)c2cc(-c3cc(C(=O)O)ccc3C(=O)O)ccc2S1. The summed E-state index contributed by atoms with van der Waals surface area (Å²) in [5, 5.41) is 18.8. The number of carbonyl (C=O) groups is 2. The van der Waals surface area contributed by atoms with Crippen LogP contribution < -0.4 is 0 Å². The zero-order valence-corrected chi connectivity index (χ0v) is 16.1. The second-order valence-corrected chi connectivity index (χ2v) is 9.75. The van der Waals surface area contributed by atoms with E-state index in [2.05, 4.69) is 27.7 Å². The third-order valence-corrected chi connectivity index (χ3v) is 6.04. The van der Waals surface area contributed by atoms with Crippen molar-refractivity contribution in [2.24, 2.45) is 0 Å². The maximum Gasteiger partial charge on any atom is 0.336 e. The van der Waals surface area contributed by atoms with Gasteiger partial charge >= 0.3 is 11.9 Å². The molecule has 5 heteroatoms. The Labute approximate surface area is 157 Å². The van der Waals surface area contributed by atoms with Gasteiger partial charge in [-0.3, -0.25) is 0 Å². The van der Waals surface area contributed by atoms with Crippen LogP contribution >= 0.6 is 11.8 Å². The van der Waals surface area contributed by atoms with Gasteiger partial charge in [0.2, 0.25) is 0 Å². The smallest absolute Gasteiger partial charge is 0.336 e. The van der Waals surface area contributed by atoms with Crippen molar-refractivity contribution in [1.82, 2.24) is 0 Å². The van der Waals surface area contributed by atoms with E-state index in [9.17, 15) is 19.8 Å². The van der Waals surface area contributed by atoms with Crippen LogP contribution in [0.3, 0.4) is 0 Å². The first-order valence-electron chi connectivity index (χ1n) is 8.45. The van der Waals surface area contributed by atoms with E-state index in [1.165, 1.54) is 28.7 Å².